The molecule has 1 aliphatic rings. The standard InChI is InChI=1S/C20H23ClN2O2/c1-14-8-18(6-7-19(14)21)22-10-15-4-3-5-16(9-15)11-23-12-17(13-23)20(24)25-2/h3-9,17,22H,10-13H2,1-2H3. The number of nitrogens with zero attached hydrogens (tertiary/aromatic N) is 1. The molecule has 0 unspecified atom stereocenters. The number of rotatable bonds is 6. The number of halogens is 1. The van der Waals surface area contributed by atoms with Gasteiger partial charge in [-0.05, 0) is 41.8 Å². The summed E-state index contributed by atoms with van der Waals surface area (Å²) >= 11 is 6.06. The Morgan fingerprint density at radius 2 is 2.00 bits per heavy atom. The van der Waals surface area contributed by atoms with Crippen LogP contribution >= 0.6 is 11.6 Å². The number of hydrogen-bond donors (Lipinski definition) is 1. The first-order chi connectivity index (χ1) is 12.0. The van der Waals surface area contributed by atoms with Crippen LogP contribution in [-0.2, 0) is 22.6 Å². The Hall–Kier alpha value is -2.04. The maximum absolute atomic E-state index is 11.4. The van der Waals surface area contributed by atoms with Crippen molar-refractivity contribution in [2.75, 3.05) is 25.5 Å². The molecule has 0 aliphatic carbocycles. The number of aryl methyl sites for hydroxylation is 1. The lowest BCUT2D eigenvalue weighted by molar-refractivity contribution is -0.151. The van der Waals surface area contributed by atoms with E-state index in [1.165, 1.54) is 18.2 Å². The second kappa shape index (κ2) is 7.89. The summed E-state index contributed by atoms with van der Waals surface area (Å²) < 4.78 is 4.78. The van der Waals surface area contributed by atoms with Crippen molar-refractivity contribution in [2.45, 2.75) is 20.0 Å². The minimum absolute atomic E-state index is 0.0305. The number of esters is 1. The Morgan fingerprint density at radius 1 is 1.24 bits per heavy atom. The van der Waals surface area contributed by atoms with Gasteiger partial charge in [-0.3, -0.25) is 9.69 Å². The van der Waals surface area contributed by atoms with Crippen molar-refractivity contribution in [3.63, 3.8) is 0 Å². The molecule has 0 spiro atoms. The summed E-state index contributed by atoms with van der Waals surface area (Å²) in [6.07, 6.45) is 0. The minimum Gasteiger partial charge on any atom is -0.469 e. The van der Waals surface area contributed by atoms with Crippen LogP contribution < -0.4 is 5.32 Å². The average molecular weight is 359 g/mol. The molecule has 0 atom stereocenters. The molecule has 0 bridgehead atoms. The number of carbonyl (C=O) groups is 1. The molecule has 0 aromatic heterocycles. The highest BCUT2D eigenvalue weighted by Gasteiger charge is 2.33. The second-order valence-corrected chi connectivity index (χ2v) is 6.96. The fraction of sp³-hybridized carbons (Fsp3) is 0.350. The van der Waals surface area contributed by atoms with E-state index in [9.17, 15) is 4.79 Å². The molecule has 0 amide bonds. The molecule has 1 saturated heterocycles. The third-order valence-corrected chi connectivity index (χ3v) is 4.97. The van der Waals surface area contributed by atoms with Gasteiger partial charge in [0.2, 0.25) is 0 Å². The summed E-state index contributed by atoms with van der Waals surface area (Å²) in [7, 11) is 1.45. The van der Waals surface area contributed by atoms with Crippen LogP contribution in [0.25, 0.3) is 0 Å². The normalized spacial score (nSPS) is 14.8. The number of likely N-dealkylation sites (tertiary alicyclic amines) is 1. The SMILES string of the molecule is COC(=O)C1CN(Cc2cccc(CNc3ccc(Cl)c(C)c3)c2)C1. The van der Waals surface area contributed by atoms with Gasteiger partial charge in [-0.25, -0.2) is 0 Å². The zero-order valence-corrected chi connectivity index (χ0v) is 15.3. The van der Waals surface area contributed by atoms with Crippen LogP contribution in [0.2, 0.25) is 5.02 Å². The highest BCUT2D eigenvalue weighted by atomic mass is 35.5. The van der Waals surface area contributed by atoms with Gasteiger partial charge in [0.15, 0.2) is 0 Å². The van der Waals surface area contributed by atoms with E-state index >= 15 is 0 Å². The molecule has 3 rings (SSSR count). The van der Waals surface area contributed by atoms with E-state index in [-0.39, 0.29) is 11.9 Å². The van der Waals surface area contributed by atoms with Gasteiger partial charge in [-0.15, -0.1) is 0 Å². The Morgan fingerprint density at radius 3 is 2.72 bits per heavy atom. The molecular weight excluding hydrogens is 336 g/mol. The van der Waals surface area contributed by atoms with E-state index < -0.39 is 0 Å². The van der Waals surface area contributed by atoms with Crippen molar-refractivity contribution in [3.05, 3.63) is 64.2 Å². The molecule has 132 valence electrons. The zero-order chi connectivity index (χ0) is 17.8. The summed E-state index contributed by atoms with van der Waals surface area (Å²) in [6.45, 7) is 5.18. The van der Waals surface area contributed by atoms with Gasteiger partial charge in [0, 0.05) is 36.9 Å². The first-order valence-corrected chi connectivity index (χ1v) is 8.81. The van der Waals surface area contributed by atoms with Crippen LogP contribution in [0.15, 0.2) is 42.5 Å². The maximum atomic E-state index is 11.4. The number of methoxy groups -OCH3 is 1. The van der Waals surface area contributed by atoms with E-state index in [0.717, 1.165) is 42.5 Å². The van der Waals surface area contributed by atoms with Crippen molar-refractivity contribution in [1.29, 1.82) is 0 Å². The summed E-state index contributed by atoms with van der Waals surface area (Å²) in [5.74, 6) is -0.0737. The van der Waals surface area contributed by atoms with Crippen LogP contribution in [0, 0.1) is 12.8 Å². The Balaban J connectivity index is 1.53. The fourth-order valence-electron chi connectivity index (χ4n) is 3.07. The van der Waals surface area contributed by atoms with Gasteiger partial charge in [0.25, 0.3) is 0 Å². The molecule has 25 heavy (non-hydrogen) atoms. The topological polar surface area (TPSA) is 41.6 Å². The Kier molecular flexibility index (Phi) is 5.61. The lowest BCUT2D eigenvalue weighted by Crippen LogP contribution is -2.49. The molecule has 1 aliphatic heterocycles. The van der Waals surface area contributed by atoms with Gasteiger partial charge >= 0.3 is 5.97 Å². The first kappa shape index (κ1) is 17.8. The van der Waals surface area contributed by atoms with Gasteiger partial charge in [0.05, 0.1) is 13.0 Å². The molecule has 5 heteroatoms. The summed E-state index contributed by atoms with van der Waals surface area (Å²) in [4.78, 5) is 13.7. The molecular formula is C20H23ClN2O2. The maximum Gasteiger partial charge on any atom is 0.311 e. The number of benzene rings is 2. The van der Waals surface area contributed by atoms with E-state index in [2.05, 4.69) is 40.5 Å². The van der Waals surface area contributed by atoms with Crippen LogP contribution in [-0.4, -0.2) is 31.1 Å². The summed E-state index contributed by atoms with van der Waals surface area (Å²) in [6, 6.07) is 14.5. The van der Waals surface area contributed by atoms with Crippen molar-refractivity contribution < 1.29 is 9.53 Å². The number of carbonyl (C=O) groups excluding carboxylic acids is 1. The minimum atomic E-state index is -0.104. The number of hydrogen-bond acceptors (Lipinski definition) is 4. The number of anilines is 1. The van der Waals surface area contributed by atoms with Crippen molar-refractivity contribution in [2.24, 2.45) is 5.92 Å². The van der Waals surface area contributed by atoms with Gasteiger partial charge < -0.3 is 10.1 Å². The molecule has 4 nitrogen and oxygen atoms in total. The Bertz CT molecular complexity index is 757. The van der Waals surface area contributed by atoms with Crippen LogP contribution in [0.5, 0.6) is 0 Å². The largest absolute Gasteiger partial charge is 0.469 e. The first-order valence-electron chi connectivity index (χ1n) is 8.43. The fourth-order valence-corrected chi connectivity index (χ4v) is 3.19. The van der Waals surface area contributed by atoms with Crippen LogP contribution in [0.3, 0.4) is 0 Å². The highest BCUT2D eigenvalue weighted by Crippen LogP contribution is 2.22. The predicted molar refractivity (Wildman–Crippen MR) is 101 cm³/mol. The van der Waals surface area contributed by atoms with E-state index in [4.69, 9.17) is 16.3 Å². The predicted octanol–water partition coefficient (Wildman–Crippen LogP) is 3.87. The molecule has 2 aromatic carbocycles. The van der Waals surface area contributed by atoms with Crippen LogP contribution in [0.4, 0.5) is 5.69 Å². The number of nitrogens with one attached hydrogen (secondary N) is 1. The monoisotopic (exact) mass is 358 g/mol. The van der Waals surface area contributed by atoms with Crippen molar-refractivity contribution in [3.8, 4) is 0 Å². The Labute approximate surface area is 153 Å². The second-order valence-electron chi connectivity index (χ2n) is 6.55. The molecule has 1 heterocycles. The summed E-state index contributed by atoms with van der Waals surface area (Å²) in [5, 5.41) is 4.22. The van der Waals surface area contributed by atoms with Crippen molar-refractivity contribution >= 4 is 23.3 Å². The molecule has 0 radical (unpaired) electrons. The summed E-state index contributed by atoms with van der Waals surface area (Å²) in [5.41, 5.74) is 4.62. The van der Waals surface area contributed by atoms with E-state index in [1.54, 1.807) is 0 Å². The number of ether oxygens (including phenoxy) is 1. The smallest absolute Gasteiger partial charge is 0.311 e. The quantitative estimate of drug-likeness (QED) is 0.796. The lowest BCUT2D eigenvalue weighted by Gasteiger charge is -2.37. The third kappa shape index (κ3) is 4.53. The molecule has 2 aromatic rings. The van der Waals surface area contributed by atoms with Gasteiger partial charge in [-0.1, -0.05) is 35.9 Å². The average Bonchev–Trinajstić information content (AvgIpc) is 2.58. The van der Waals surface area contributed by atoms with Gasteiger partial charge in [0.1, 0.15) is 0 Å². The third-order valence-electron chi connectivity index (χ3n) is 4.54. The molecule has 1 N–H and O–H groups in total. The van der Waals surface area contributed by atoms with E-state index in [0.29, 0.717) is 0 Å². The molecule has 1 fully saturated rings. The van der Waals surface area contributed by atoms with Crippen LogP contribution in [0.1, 0.15) is 16.7 Å². The van der Waals surface area contributed by atoms with E-state index in [1.807, 2.05) is 19.1 Å². The van der Waals surface area contributed by atoms with Crippen molar-refractivity contribution in [1.82, 2.24) is 4.90 Å². The highest BCUT2D eigenvalue weighted by molar-refractivity contribution is 6.31. The lowest BCUT2D eigenvalue weighted by atomic mass is 9.99. The van der Waals surface area contributed by atoms with Gasteiger partial charge in [-0.2, -0.15) is 0 Å². The zero-order valence-electron chi connectivity index (χ0n) is 14.6. The molecule has 0 saturated carbocycles.